The standard InChI is InChI=1S/C25H34N4O2/c1-4-28(5-2)23-14-10-21(11-15-23)24(30)29-16-6-7-20(18-29)17-26-25(31)27-22-12-8-19(3)9-13-22/h8-15,20H,4-7,16-18H2,1-3H3,(H2,26,27,31). The minimum Gasteiger partial charge on any atom is -0.372 e. The highest BCUT2D eigenvalue weighted by Gasteiger charge is 2.25. The molecule has 1 saturated heterocycles. The highest BCUT2D eigenvalue weighted by Crippen LogP contribution is 2.20. The van der Waals surface area contributed by atoms with E-state index in [0.29, 0.717) is 13.1 Å². The molecule has 166 valence electrons. The van der Waals surface area contributed by atoms with E-state index in [-0.39, 0.29) is 17.9 Å². The molecule has 0 radical (unpaired) electrons. The summed E-state index contributed by atoms with van der Waals surface area (Å²) in [5, 5.41) is 5.81. The lowest BCUT2D eigenvalue weighted by Crippen LogP contribution is -2.44. The van der Waals surface area contributed by atoms with Gasteiger partial charge in [-0.25, -0.2) is 4.79 Å². The number of benzene rings is 2. The Morgan fingerprint density at radius 3 is 2.35 bits per heavy atom. The molecule has 31 heavy (non-hydrogen) atoms. The van der Waals surface area contributed by atoms with Crippen molar-refractivity contribution < 1.29 is 9.59 Å². The van der Waals surface area contributed by atoms with Gasteiger partial charge in [0.1, 0.15) is 0 Å². The van der Waals surface area contributed by atoms with Crippen LogP contribution in [0, 0.1) is 12.8 Å². The van der Waals surface area contributed by atoms with Gasteiger partial charge in [-0.05, 0) is 75.9 Å². The molecule has 2 aromatic rings. The molecular weight excluding hydrogens is 388 g/mol. The lowest BCUT2D eigenvalue weighted by atomic mass is 9.97. The third-order valence-corrected chi connectivity index (χ3v) is 5.91. The number of aryl methyl sites for hydroxylation is 1. The third-order valence-electron chi connectivity index (χ3n) is 5.91. The van der Waals surface area contributed by atoms with Gasteiger partial charge in [0.15, 0.2) is 0 Å². The monoisotopic (exact) mass is 422 g/mol. The van der Waals surface area contributed by atoms with Crippen LogP contribution in [-0.4, -0.2) is 49.6 Å². The van der Waals surface area contributed by atoms with E-state index in [1.165, 1.54) is 0 Å². The third kappa shape index (κ3) is 6.23. The predicted molar refractivity (Wildman–Crippen MR) is 127 cm³/mol. The summed E-state index contributed by atoms with van der Waals surface area (Å²) in [5.41, 5.74) is 3.79. The van der Waals surface area contributed by atoms with E-state index >= 15 is 0 Å². The van der Waals surface area contributed by atoms with Crippen molar-refractivity contribution in [1.82, 2.24) is 10.2 Å². The molecule has 0 aliphatic carbocycles. The van der Waals surface area contributed by atoms with E-state index in [0.717, 1.165) is 55.0 Å². The van der Waals surface area contributed by atoms with Gasteiger partial charge in [0.2, 0.25) is 0 Å². The molecule has 3 amide bonds. The second kappa shape index (κ2) is 10.8. The first-order chi connectivity index (χ1) is 15.0. The Labute approximate surface area is 185 Å². The van der Waals surface area contributed by atoms with Crippen LogP contribution in [0.1, 0.15) is 42.6 Å². The van der Waals surface area contributed by atoms with Crippen molar-refractivity contribution in [1.29, 1.82) is 0 Å². The van der Waals surface area contributed by atoms with Gasteiger partial charge in [-0.3, -0.25) is 4.79 Å². The minimum absolute atomic E-state index is 0.0694. The highest BCUT2D eigenvalue weighted by atomic mass is 16.2. The number of urea groups is 1. The maximum absolute atomic E-state index is 13.0. The predicted octanol–water partition coefficient (Wildman–Crippen LogP) is 4.52. The van der Waals surface area contributed by atoms with E-state index < -0.39 is 0 Å². The van der Waals surface area contributed by atoms with E-state index in [4.69, 9.17) is 0 Å². The summed E-state index contributed by atoms with van der Waals surface area (Å²) in [6.07, 6.45) is 1.96. The Hall–Kier alpha value is -3.02. The molecule has 6 nitrogen and oxygen atoms in total. The molecule has 2 aromatic carbocycles. The zero-order chi connectivity index (χ0) is 22.2. The van der Waals surface area contributed by atoms with Crippen molar-refractivity contribution >= 4 is 23.3 Å². The Morgan fingerprint density at radius 1 is 1.03 bits per heavy atom. The SMILES string of the molecule is CCN(CC)c1ccc(C(=O)N2CCCC(CNC(=O)Nc3ccc(C)cc3)C2)cc1. The van der Waals surface area contributed by atoms with Gasteiger partial charge in [-0.1, -0.05) is 17.7 Å². The molecule has 1 heterocycles. The van der Waals surface area contributed by atoms with Crippen LogP contribution in [-0.2, 0) is 0 Å². The molecule has 1 atom stereocenters. The molecule has 0 spiro atoms. The molecular formula is C25H34N4O2. The van der Waals surface area contributed by atoms with E-state index in [9.17, 15) is 9.59 Å². The average Bonchev–Trinajstić information content (AvgIpc) is 2.80. The number of nitrogens with one attached hydrogen (secondary N) is 2. The summed E-state index contributed by atoms with van der Waals surface area (Å²) in [6, 6.07) is 15.4. The summed E-state index contributed by atoms with van der Waals surface area (Å²) >= 11 is 0. The zero-order valence-electron chi connectivity index (χ0n) is 18.9. The molecule has 1 aliphatic heterocycles. The van der Waals surface area contributed by atoms with Crippen molar-refractivity contribution in [3.05, 3.63) is 59.7 Å². The van der Waals surface area contributed by atoms with Crippen molar-refractivity contribution in [2.24, 2.45) is 5.92 Å². The Morgan fingerprint density at radius 2 is 1.71 bits per heavy atom. The number of carbonyl (C=O) groups excluding carboxylic acids is 2. The first kappa shape index (κ1) is 22.7. The molecule has 0 saturated carbocycles. The topological polar surface area (TPSA) is 64.7 Å². The number of hydrogen-bond acceptors (Lipinski definition) is 3. The Bertz CT molecular complexity index is 860. The van der Waals surface area contributed by atoms with E-state index in [1.807, 2.05) is 60.4 Å². The fraction of sp³-hybridized carbons (Fsp3) is 0.440. The molecule has 0 aromatic heterocycles. The van der Waals surface area contributed by atoms with Gasteiger partial charge in [0.25, 0.3) is 5.91 Å². The van der Waals surface area contributed by atoms with Crippen molar-refractivity contribution in [2.45, 2.75) is 33.6 Å². The van der Waals surface area contributed by atoms with Crippen molar-refractivity contribution in [3.8, 4) is 0 Å². The van der Waals surface area contributed by atoms with Gasteiger partial charge >= 0.3 is 6.03 Å². The van der Waals surface area contributed by atoms with Gasteiger partial charge in [0.05, 0.1) is 0 Å². The van der Waals surface area contributed by atoms with Crippen LogP contribution in [0.3, 0.4) is 0 Å². The van der Waals surface area contributed by atoms with Crippen molar-refractivity contribution in [2.75, 3.05) is 42.9 Å². The zero-order valence-corrected chi connectivity index (χ0v) is 18.9. The average molecular weight is 423 g/mol. The molecule has 2 N–H and O–H groups in total. The number of likely N-dealkylation sites (tertiary alicyclic amines) is 1. The van der Waals surface area contributed by atoms with Crippen LogP contribution in [0.25, 0.3) is 0 Å². The molecule has 1 fully saturated rings. The normalized spacial score (nSPS) is 16.0. The fourth-order valence-electron chi connectivity index (χ4n) is 4.05. The van der Waals surface area contributed by atoms with Crippen LogP contribution < -0.4 is 15.5 Å². The smallest absolute Gasteiger partial charge is 0.319 e. The van der Waals surface area contributed by atoms with Gasteiger partial charge in [0, 0.05) is 49.7 Å². The second-order valence-electron chi connectivity index (χ2n) is 8.18. The maximum atomic E-state index is 13.0. The number of hydrogen-bond donors (Lipinski definition) is 2. The van der Waals surface area contributed by atoms with E-state index in [1.54, 1.807) is 0 Å². The van der Waals surface area contributed by atoms with E-state index in [2.05, 4.69) is 29.4 Å². The van der Waals surface area contributed by atoms with Crippen LogP contribution in [0.2, 0.25) is 0 Å². The summed E-state index contributed by atoms with van der Waals surface area (Å²) in [7, 11) is 0. The lowest BCUT2D eigenvalue weighted by Gasteiger charge is -2.33. The quantitative estimate of drug-likeness (QED) is 0.690. The van der Waals surface area contributed by atoms with Gasteiger partial charge in [-0.15, -0.1) is 0 Å². The number of rotatable bonds is 7. The van der Waals surface area contributed by atoms with Gasteiger partial charge < -0.3 is 20.4 Å². The summed E-state index contributed by atoms with van der Waals surface area (Å²) in [6.45, 7) is 10.2. The summed E-state index contributed by atoms with van der Waals surface area (Å²) < 4.78 is 0. The number of carbonyl (C=O) groups is 2. The Kier molecular flexibility index (Phi) is 7.93. The minimum atomic E-state index is -0.209. The fourth-order valence-corrected chi connectivity index (χ4v) is 4.05. The molecule has 3 rings (SSSR count). The molecule has 6 heteroatoms. The molecule has 1 unspecified atom stereocenters. The van der Waals surface area contributed by atoms with Crippen LogP contribution in [0.5, 0.6) is 0 Å². The first-order valence-electron chi connectivity index (χ1n) is 11.3. The number of piperidine rings is 1. The summed E-state index contributed by atoms with van der Waals surface area (Å²) in [5.74, 6) is 0.330. The molecule has 1 aliphatic rings. The maximum Gasteiger partial charge on any atom is 0.319 e. The van der Waals surface area contributed by atoms with Gasteiger partial charge in [-0.2, -0.15) is 0 Å². The van der Waals surface area contributed by atoms with Crippen LogP contribution >= 0.6 is 0 Å². The largest absolute Gasteiger partial charge is 0.372 e. The van der Waals surface area contributed by atoms with Crippen molar-refractivity contribution in [3.63, 3.8) is 0 Å². The number of amides is 3. The number of anilines is 2. The Balaban J connectivity index is 1.50. The highest BCUT2D eigenvalue weighted by molar-refractivity contribution is 5.94. The first-order valence-corrected chi connectivity index (χ1v) is 11.3. The lowest BCUT2D eigenvalue weighted by molar-refractivity contribution is 0.0675. The van der Waals surface area contributed by atoms with Crippen LogP contribution in [0.15, 0.2) is 48.5 Å². The summed E-state index contributed by atoms with van der Waals surface area (Å²) in [4.78, 5) is 29.4. The second-order valence-corrected chi connectivity index (χ2v) is 8.18. The van der Waals surface area contributed by atoms with Crippen LogP contribution in [0.4, 0.5) is 16.2 Å². The number of nitrogens with zero attached hydrogens (tertiary/aromatic N) is 2. The molecule has 0 bridgehead atoms.